The Hall–Kier alpha value is -0.690. The van der Waals surface area contributed by atoms with Crippen LogP contribution in [-0.2, 0) is 21.0 Å². The number of benzene rings is 2. The Morgan fingerprint density at radius 3 is 2.56 bits per heavy atom. The van der Waals surface area contributed by atoms with Gasteiger partial charge in [0.2, 0.25) is 0 Å². The van der Waals surface area contributed by atoms with Crippen molar-refractivity contribution in [3.05, 3.63) is 63.9 Å². The third-order valence-electron chi connectivity index (χ3n) is 6.62. The van der Waals surface area contributed by atoms with Crippen molar-refractivity contribution in [2.75, 3.05) is 18.9 Å². The molecule has 4 nitrogen and oxygen atoms in total. The summed E-state index contributed by atoms with van der Waals surface area (Å²) in [5, 5.41) is 3.33. The minimum atomic E-state index is -2.82. The highest BCUT2D eigenvalue weighted by Crippen LogP contribution is 2.43. The Labute approximate surface area is 216 Å². The Bertz CT molecular complexity index is 909. The summed E-state index contributed by atoms with van der Waals surface area (Å²) < 4.78 is 29.8. The quantitative estimate of drug-likeness (QED) is 0.139. The molecule has 0 bridgehead atoms. The van der Waals surface area contributed by atoms with E-state index in [1.54, 1.807) is 12.1 Å². The molecule has 1 aliphatic carbocycles. The van der Waals surface area contributed by atoms with Gasteiger partial charge in [-0.1, -0.05) is 43.9 Å². The van der Waals surface area contributed by atoms with Crippen LogP contribution in [0.5, 0.6) is 0 Å². The zero-order chi connectivity index (χ0) is 24.2. The highest BCUT2D eigenvalue weighted by Gasteiger charge is 2.33. The lowest BCUT2D eigenvalue weighted by Gasteiger charge is -2.38. The Morgan fingerprint density at radius 2 is 1.85 bits per heavy atom. The summed E-state index contributed by atoms with van der Waals surface area (Å²) in [6.45, 7) is 1.79. The lowest BCUT2D eigenvalue weighted by molar-refractivity contribution is 0.267. The first-order chi connectivity index (χ1) is 16.5. The van der Waals surface area contributed by atoms with Crippen LogP contribution in [0.1, 0.15) is 68.9 Å². The molecule has 0 aliphatic heterocycles. The first-order valence-electron chi connectivity index (χ1n) is 12.2. The molecule has 2 N–H and O–H groups in total. The zero-order valence-corrected chi connectivity index (χ0v) is 23.1. The number of thioether (sulfide) groups is 1. The molecule has 2 aromatic carbocycles. The SMILES string of the molecule is O=[PH](O)OCCCNCc1ccc(SCCCCC2(c3ccc(F)cc3)CCCCC2)c(Br)c1. The highest BCUT2D eigenvalue weighted by molar-refractivity contribution is 9.10. The summed E-state index contributed by atoms with van der Waals surface area (Å²) in [7, 11) is -2.82. The molecule has 1 aliphatic rings. The van der Waals surface area contributed by atoms with Crippen LogP contribution in [0.25, 0.3) is 0 Å². The number of unbranched alkanes of at least 4 members (excludes halogenated alkanes) is 1. The van der Waals surface area contributed by atoms with Crippen molar-refractivity contribution >= 4 is 35.9 Å². The van der Waals surface area contributed by atoms with Crippen LogP contribution in [0.15, 0.2) is 51.8 Å². The predicted octanol–water partition coefficient (Wildman–Crippen LogP) is 7.63. The van der Waals surface area contributed by atoms with E-state index in [0.717, 1.165) is 23.3 Å². The number of halogens is 2. The van der Waals surface area contributed by atoms with Gasteiger partial charge in [0.25, 0.3) is 0 Å². The van der Waals surface area contributed by atoms with Crippen LogP contribution in [0.2, 0.25) is 0 Å². The first-order valence-corrected chi connectivity index (χ1v) is 15.3. The molecule has 0 saturated heterocycles. The van der Waals surface area contributed by atoms with E-state index < -0.39 is 8.25 Å². The van der Waals surface area contributed by atoms with Crippen LogP contribution in [0.3, 0.4) is 0 Å². The molecule has 0 heterocycles. The standard InChI is InChI=1S/C26H36BrFNO3PS/c27-24-19-21(20-29-16-6-17-32-33(30)31)7-12-25(24)34-18-5-4-15-26(13-2-1-3-14-26)22-8-10-23(28)11-9-22/h7-12,19,29,33H,1-6,13-18,20H2,(H,30,31). The molecular formula is C26H36BrFNO3PS. The number of hydrogen-bond acceptors (Lipinski definition) is 4. The van der Waals surface area contributed by atoms with Crippen LogP contribution >= 0.6 is 35.9 Å². The lowest BCUT2D eigenvalue weighted by atomic mass is 9.67. The minimum absolute atomic E-state index is 0.148. The summed E-state index contributed by atoms with van der Waals surface area (Å²) in [4.78, 5) is 9.91. The van der Waals surface area contributed by atoms with Gasteiger partial charge < -0.3 is 14.7 Å². The van der Waals surface area contributed by atoms with Gasteiger partial charge in [0.05, 0.1) is 6.61 Å². The van der Waals surface area contributed by atoms with E-state index in [4.69, 9.17) is 4.89 Å². The number of rotatable bonds is 14. The van der Waals surface area contributed by atoms with Gasteiger partial charge >= 0.3 is 8.25 Å². The van der Waals surface area contributed by atoms with Gasteiger partial charge in [0, 0.05) is 15.9 Å². The molecule has 1 atom stereocenters. The fourth-order valence-corrected chi connectivity index (χ4v) is 6.84. The molecule has 2 aromatic rings. The van der Waals surface area contributed by atoms with E-state index in [2.05, 4.69) is 44.0 Å². The van der Waals surface area contributed by atoms with E-state index in [-0.39, 0.29) is 11.2 Å². The summed E-state index contributed by atoms with van der Waals surface area (Å²) in [6.07, 6.45) is 10.6. The molecule has 8 heteroatoms. The molecule has 1 fully saturated rings. The molecule has 0 radical (unpaired) electrons. The second-order valence-corrected chi connectivity index (χ2v) is 11.9. The van der Waals surface area contributed by atoms with E-state index in [1.807, 2.05) is 23.9 Å². The topological polar surface area (TPSA) is 58.6 Å². The van der Waals surface area contributed by atoms with Crippen molar-refractivity contribution in [2.45, 2.75) is 74.6 Å². The molecule has 0 spiro atoms. The predicted molar refractivity (Wildman–Crippen MR) is 143 cm³/mol. The highest BCUT2D eigenvalue weighted by atomic mass is 79.9. The lowest BCUT2D eigenvalue weighted by Crippen LogP contribution is -2.29. The maximum atomic E-state index is 13.4. The summed E-state index contributed by atoms with van der Waals surface area (Å²) in [5.74, 6) is 0.939. The molecule has 34 heavy (non-hydrogen) atoms. The van der Waals surface area contributed by atoms with Gasteiger partial charge in [-0.25, -0.2) is 4.39 Å². The Morgan fingerprint density at radius 1 is 1.09 bits per heavy atom. The summed E-state index contributed by atoms with van der Waals surface area (Å²) in [6, 6.07) is 13.7. The fourth-order valence-electron chi connectivity index (χ4n) is 4.82. The van der Waals surface area contributed by atoms with Gasteiger partial charge in [-0.3, -0.25) is 4.57 Å². The maximum absolute atomic E-state index is 13.4. The average Bonchev–Trinajstić information content (AvgIpc) is 2.83. The number of hydrogen-bond donors (Lipinski definition) is 2. The average molecular weight is 573 g/mol. The molecule has 3 rings (SSSR count). The third kappa shape index (κ3) is 9.07. The Balaban J connectivity index is 1.40. The van der Waals surface area contributed by atoms with Gasteiger partial charge in [-0.2, -0.15) is 0 Å². The molecule has 1 unspecified atom stereocenters. The molecular weight excluding hydrogens is 536 g/mol. The molecule has 0 aromatic heterocycles. The Kier molecular flexibility index (Phi) is 12.1. The second kappa shape index (κ2) is 14.8. The van der Waals surface area contributed by atoms with Crippen LogP contribution in [0.4, 0.5) is 4.39 Å². The van der Waals surface area contributed by atoms with E-state index in [9.17, 15) is 8.96 Å². The third-order valence-corrected chi connectivity index (χ3v) is 9.15. The van der Waals surface area contributed by atoms with Crippen molar-refractivity contribution in [1.29, 1.82) is 0 Å². The second-order valence-electron chi connectivity index (χ2n) is 9.06. The monoisotopic (exact) mass is 571 g/mol. The number of nitrogens with one attached hydrogen (secondary N) is 1. The van der Waals surface area contributed by atoms with Gasteiger partial charge in [-0.15, -0.1) is 11.8 Å². The van der Waals surface area contributed by atoms with Crippen LogP contribution in [0, 0.1) is 5.82 Å². The smallest absolute Gasteiger partial charge is 0.316 e. The zero-order valence-electron chi connectivity index (χ0n) is 19.7. The van der Waals surface area contributed by atoms with Crippen molar-refractivity contribution < 1.29 is 18.4 Å². The molecule has 1 saturated carbocycles. The van der Waals surface area contributed by atoms with Crippen molar-refractivity contribution in [3.63, 3.8) is 0 Å². The van der Waals surface area contributed by atoms with Gasteiger partial charge in [-0.05, 0) is 101 Å². The largest absolute Gasteiger partial charge is 0.326 e. The van der Waals surface area contributed by atoms with Gasteiger partial charge in [0.15, 0.2) is 0 Å². The fraction of sp³-hybridized carbons (Fsp3) is 0.538. The van der Waals surface area contributed by atoms with Crippen molar-refractivity contribution in [2.24, 2.45) is 0 Å². The summed E-state index contributed by atoms with van der Waals surface area (Å²) in [5.41, 5.74) is 2.75. The first kappa shape index (κ1) is 27.9. The molecule has 0 amide bonds. The van der Waals surface area contributed by atoms with Crippen molar-refractivity contribution in [1.82, 2.24) is 5.32 Å². The minimum Gasteiger partial charge on any atom is -0.326 e. The van der Waals surface area contributed by atoms with E-state index >= 15 is 0 Å². The van der Waals surface area contributed by atoms with E-state index in [1.165, 1.54) is 67.4 Å². The van der Waals surface area contributed by atoms with Gasteiger partial charge in [0.1, 0.15) is 5.82 Å². The van der Waals surface area contributed by atoms with Crippen LogP contribution < -0.4 is 5.32 Å². The molecule has 188 valence electrons. The van der Waals surface area contributed by atoms with Crippen LogP contribution in [-0.4, -0.2) is 23.8 Å². The normalized spacial score (nSPS) is 16.4. The van der Waals surface area contributed by atoms with E-state index in [0.29, 0.717) is 13.0 Å². The van der Waals surface area contributed by atoms with Crippen molar-refractivity contribution in [3.8, 4) is 0 Å². The summed E-state index contributed by atoms with van der Waals surface area (Å²) >= 11 is 5.61. The maximum Gasteiger partial charge on any atom is 0.316 e.